The lowest BCUT2D eigenvalue weighted by molar-refractivity contribution is 0.275. The van der Waals surface area contributed by atoms with Crippen LogP contribution in [-0.2, 0) is 16.4 Å². The smallest absolute Gasteiger partial charge is 0.229 e. The van der Waals surface area contributed by atoms with Crippen LogP contribution in [0.2, 0.25) is 0 Å². The zero-order chi connectivity index (χ0) is 18.5. The molecular formula is C20H37ClN2O2S. The van der Waals surface area contributed by atoms with Crippen LogP contribution in [0.3, 0.4) is 0 Å². The van der Waals surface area contributed by atoms with E-state index >= 15 is 0 Å². The molecule has 0 saturated carbocycles. The fourth-order valence-corrected chi connectivity index (χ4v) is 3.55. The predicted molar refractivity (Wildman–Crippen MR) is 116 cm³/mol. The van der Waals surface area contributed by atoms with Crippen molar-refractivity contribution in [2.24, 2.45) is 0 Å². The van der Waals surface area contributed by atoms with Gasteiger partial charge in [0, 0.05) is 5.69 Å². The number of halogens is 1. The molecule has 26 heavy (non-hydrogen) atoms. The van der Waals surface area contributed by atoms with Crippen LogP contribution >= 0.6 is 12.4 Å². The molecule has 4 nitrogen and oxygen atoms in total. The monoisotopic (exact) mass is 404 g/mol. The van der Waals surface area contributed by atoms with E-state index in [-0.39, 0.29) is 12.4 Å². The first kappa shape index (κ1) is 25.2. The second kappa shape index (κ2) is 14.3. The first-order chi connectivity index (χ1) is 11.9. The summed E-state index contributed by atoms with van der Waals surface area (Å²) in [5, 5.41) is 0. The molecule has 0 unspecified atom stereocenters. The van der Waals surface area contributed by atoms with E-state index in [1.807, 2.05) is 24.3 Å². The minimum absolute atomic E-state index is 0. The molecule has 0 heterocycles. The normalized spacial score (nSPS) is 11.4. The lowest BCUT2D eigenvalue weighted by Gasteiger charge is -2.20. The van der Waals surface area contributed by atoms with Crippen molar-refractivity contribution < 1.29 is 8.42 Å². The molecule has 1 N–H and O–H groups in total. The van der Waals surface area contributed by atoms with Crippen LogP contribution in [0, 0.1) is 0 Å². The minimum atomic E-state index is -3.19. The quantitative estimate of drug-likeness (QED) is 0.439. The zero-order valence-electron chi connectivity index (χ0n) is 16.7. The van der Waals surface area contributed by atoms with Crippen molar-refractivity contribution in [1.82, 2.24) is 4.90 Å². The molecule has 152 valence electrons. The molecule has 0 bridgehead atoms. The van der Waals surface area contributed by atoms with Gasteiger partial charge in [0.05, 0.1) is 6.26 Å². The van der Waals surface area contributed by atoms with E-state index in [4.69, 9.17) is 0 Å². The van der Waals surface area contributed by atoms with Gasteiger partial charge in [0.2, 0.25) is 10.0 Å². The van der Waals surface area contributed by atoms with Crippen LogP contribution in [0.25, 0.3) is 0 Å². The number of aryl methyl sites for hydroxylation is 1. The highest BCUT2D eigenvalue weighted by Gasteiger charge is 2.04. The number of nitrogens with zero attached hydrogens (tertiary/aromatic N) is 1. The van der Waals surface area contributed by atoms with E-state index in [2.05, 4.69) is 23.5 Å². The van der Waals surface area contributed by atoms with E-state index in [0.29, 0.717) is 5.69 Å². The third-order valence-corrected chi connectivity index (χ3v) is 5.08. The van der Waals surface area contributed by atoms with Crippen LogP contribution < -0.4 is 4.72 Å². The fourth-order valence-electron chi connectivity index (χ4n) is 2.99. The molecule has 0 aliphatic rings. The molecule has 0 atom stereocenters. The highest BCUT2D eigenvalue weighted by Crippen LogP contribution is 2.13. The SMILES string of the molecule is CCCCCCCN(CC)CCCCc1ccc(NS(C)(=O)=O)cc1.Cl. The van der Waals surface area contributed by atoms with Crippen molar-refractivity contribution in [2.75, 3.05) is 30.6 Å². The van der Waals surface area contributed by atoms with Crippen LogP contribution in [0.15, 0.2) is 24.3 Å². The maximum Gasteiger partial charge on any atom is 0.229 e. The van der Waals surface area contributed by atoms with Gasteiger partial charge in [-0.1, -0.05) is 51.7 Å². The summed E-state index contributed by atoms with van der Waals surface area (Å²) < 4.78 is 24.9. The fraction of sp³-hybridized carbons (Fsp3) is 0.700. The molecule has 1 rings (SSSR count). The maximum atomic E-state index is 11.2. The molecule has 1 aromatic carbocycles. The molecule has 0 aliphatic carbocycles. The number of unbranched alkanes of at least 4 members (excludes halogenated alkanes) is 5. The maximum absolute atomic E-state index is 11.2. The van der Waals surface area contributed by atoms with Gasteiger partial charge in [-0.15, -0.1) is 12.4 Å². The van der Waals surface area contributed by atoms with Crippen molar-refractivity contribution in [3.63, 3.8) is 0 Å². The summed E-state index contributed by atoms with van der Waals surface area (Å²) in [7, 11) is -3.19. The molecule has 0 amide bonds. The highest BCUT2D eigenvalue weighted by atomic mass is 35.5. The topological polar surface area (TPSA) is 49.4 Å². The van der Waals surface area contributed by atoms with E-state index < -0.39 is 10.0 Å². The number of hydrogen-bond donors (Lipinski definition) is 1. The van der Waals surface area contributed by atoms with Gasteiger partial charge < -0.3 is 4.90 Å². The Bertz CT molecular complexity index is 562. The van der Waals surface area contributed by atoms with Crippen molar-refractivity contribution in [2.45, 2.75) is 65.2 Å². The second-order valence-corrected chi connectivity index (χ2v) is 8.63. The molecule has 0 radical (unpaired) electrons. The summed E-state index contributed by atoms with van der Waals surface area (Å²) in [6.07, 6.45) is 11.3. The molecule has 0 aliphatic heterocycles. The van der Waals surface area contributed by atoms with Crippen LogP contribution in [0.1, 0.15) is 64.4 Å². The molecule has 0 aromatic heterocycles. The number of sulfonamides is 1. The van der Waals surface area contributed by atoms with Crippen molar-refractivity contribution in [3.05, 3.63) is 29.8 Å². The number of rotatable bonds is 14. The van der Waals surface area contributed by atoms with Crippen LogP contribution in [0.4, 0.5) is 5.69 Å². The molecule has 0 fully saturated rings. The Labute approximate surface area is 167 Å². The lowest BCUT2D eigenvalue weighted by Crippen LogP contribution is -2.25. The summed E-state index contributed by atoms with van der Waals surface area (Å²) in [5.41, 5.74) is 1.90. The van der Waals surface area contributed by atoms with Gasteiger partial charge in [-0.3, -0.25) is 4.72 Å². The van der Waals surface area contributed by atoms with Crippen molar-refractivity contribution in [1.29, 1.82) is 0 Å². The lowest BCUT2D eigenvalue weighted by atomic mass is 10.1. The van der Waals surface area contributed by atoms with E-state index in [1.54, 1.807) is 0 Å². The number of hydrogen-bond acceptors (Lipinski definition) is 3. The molecule has 6 heteroatoms. The minimum Gasteiger partial charge on any atom is -0.304 e. The zero-order valence-corrected chi connectivity index (χ0v) is 18.3. The summed E-state index contributed by atoms with van der Waals surface area (Å²) >= 11 is 0. The first-order valence-electron chi connectivity index (χ1n) is 9.73. The Morgan fingerprint density at radius 2 is 1.46 bits per heavy atom. The van der Waals surface area contributed by atoms with Gasteiger partial charge in [-0.2, -0.15) is 0 Å². The molecule has 0 saturated heterocycles. The van der Waals surface area contributed by atoms with E-state index in [9.17, 15) is 8.42 Å². The van der Waals surface area contributed by atoms with Gasteiger partial charge in [0.1, 0.15) is 0 Å². The number of nitrogens with one attached hydrogen (secondary N) is 1. The summed E-state index contributed by atoms with van der Waals surface area (Å²) in [4.78, 5) is 2.56. The average molecular weight is 405 g/mol. The van der Waals surface area contributed by atoms with Gasteiger partial charge in [-0.25, -0.2) is 8.42 Å². The van der Waals surface area contributed by atoms with Gasteiger partial charge >= 0.3 is 0 Å². The van der Waals surface area contributed by atoms with E-state index in [1.165, 1.54) is 69.9 Å². The first-order valence-corrected chi connectivity index (χ1v) is 11.6. The molecular weight excluding hydrogens is 368 g/mol. The molecule has 1 aromatic rings. The second-order valence-electron chi connectivity index (χ2n) is 6.88. The molecule has 0 spiro atoms. The van der Waals surface area contributed by atoms with Crippen molar-refractivity contribution >= 4 is 28.1 Å². The van der Waals surface area contributed by atoms with Crippen molar-refractivity contribution in [3.8, 4) is 0 Å². The highest BCUT2D eigenvalue weighted by molar-refractivity contribution is 7.92. The predicted octanol–water partition coefficient (Wildman–Crippen LogP) is 5.09. The Morgan fingerprint density at radius 1 is 0.885 bits per heavy atom. The number of benzene rings is 1. The third-order valence-electron chi connectivity index (χ3n) is 4.47. The van der Waals surface area contributed by atoms with Gasteiger partial charge in [-0.05, 0) is 63.0 Å². The van der Waals surface area contributed by atoms with E-state index in [0.717, 1.165) is 13.0 Å². The number of anilines is 1. The Balaban J connectivity index is 0.00000625. The third kappa shape index (κ3) is 12.6. The largest absolute Gasteiger partial charge is 0.304 e. The van der Waals surface area contributed by atoms with Crippen LogP contribution in [-0.4, -0.2) is 39.2 Å². The average Bonchev–Trinajstić information content (AvgIpc) is 2.56. The summed E-state index contributed by atoms with van der Waals surface area (Å²) in [6, 6.07) is 7.70. The van der Waals surface area contributed by atoms with Crippen LogP contribution in [0.5, 0.6) is 0 Å². The summed E-state index contributed by atoms with van der Waals surface area (Å²) in [5.74, 6) is 0. The standard InChI is InChI=1S/C20H36N2O2S.ClH/c1-4-6-7-8-10-17-22(5-2)18-11-9-12-19-13-15-20(16-14-19)21-25(3,23)24;/h13-16,21H,4-12,17-18H2,1-3H3;1H. The Hall–Kier alpha value is -0.780. The van der Waals surface area contributed by atoms with Gasteiger partial charge in [0.15, 0.2) is 0 Å². The Morgan fingerprint density at radius 3 is 2.00 bits per heavy atom. The summed E-state index contributed by atoms with van der Waals surface area (Å²) in [6.45, 7) is 8.05. The Kier molecular flexibility index (Phi) is 13.9. The van der Waals surface area contributed by atoms with Gasteiger partial charge in [0.25, 0.3) is 0 Å².